The van der Waals surface area contributed by atoms with Crippen molar-refractivity contribution in [1.29, 1.82) is 0 Å². The van der Waals surface area contributed by atoms with Gasteiger partial charge >= 0.3 is 12.1 Å². The van der Waals surface area contributed by atoms with Gasteiger partial charge in [-0.3, -0.25) is 9.59 Å². The van der Waals surface area contributed by atoms with Crippen LogP contribution in [0.4, 0.5) is 26.3 Å². The smallest absolute Gasteiger partial charge is 0.426 e. The normalized spacial score (nSPS) is 29.8. The van der Waals surface area contributed by atoms with E-state index in [0.29, 0.717) is 36.5 Å². The van der Waals surface area contributed by atoms with Gasteiger partial charge in [0.2, 0.25) is 5.67 Å². The Bertz CT molecular complexity index is 1320. The molecule has 2 aliphatic carbocycles. The van der Waals surface area contributed by atoms with Crippen molar-refractivity contribution < 1.29 is 41.0 Å². The number of carbonyl (C=O) groups is 2. The summed E-state index contributed by atoms with van der Waals surface area (Å²) in [6, 6.07) is 9.28. The van der Waals surface area contributed by atoms with E-state index in [4.69, 9.17) is 0 Å². The maximum Gasteiger partial charge on any atom is 0.426 e. The molecule has 216 valence electrons. The monoisotopic (exact) mass is 567 g/mol. The summed E-state index contributed by atoms with van der Waals surface area (Å²) in [6.45, 7) is 0.677. The number of rotatable bonds is 5. The molecule has 0 bridgehead atoms. The predicted octanol–water partition coefficient (Wildman–Crippen LogP) is 6.58. The van der Waals surface area contributed by atoms with E-state index in [2.05, 4.69) is 0 Å². The average Bonchev–Trinajstić information content (AvgIpc) is 3.26. The highest BCUT2D eigenvalue weighted by Gasteiger charge is 2.57. The van der Waals surface area contributed by atoms with Crippen molar-refractivity contribution in [2.45, 2.75) is 87.3 Å². The molecule has 10 heteroatoms. The molecule has 1 amide bonds. The Balaban J connectivity index is 1.52. The maximum absolute atomic E-state index is 16.0. The number of amides is 1. The average molecular weight is 568 g/mol. The molecule has 40 heavy (non-hydrogen) atoms. The van der Waals surface area contributed by atoms with Crippen molar-refractivity contribution in [2.75, 3.05) is 6.54 Å². The van der Waals surface area contributed by atoms with E-state index in [1.54, 1.807) is 12.1 Å². The van der Waals surface area contributed by atoms with E-state index in [1.165, 1.54) is 29.2 Å². The van der Waals surface area contributed by atoms with Gasteiger partial charge in [-0.2, -0.15) is 13.2 Å². The predicted molar refractivity (Wildman–Crippen MR) is 135 cm³/mol. The fourth-order valence-electron chi connectivity index (χ4n) is 7.07. The fourth-order valence-corrected chi connectivity index (χ4v) is 7.07. The first-order valence-corrected chi connectivity index (χ1v) is 13.5. The summed E-state index contributed by atoms with van der Waals surface area (Å²) in [7, 11) is 0. The molecular formula is C30H31F6NO3. The van der Waals surface area contributed by atoms with Gasteiger partial charge in [-0.15, -0.1) is 0 Å². The van der Waals surface area contributed by atoms with Gasteiger partial charge in [-0.1, -0.05) is 30.3 Å². The van der Waals surface area contributed by atoms with Crippen LogP contribution in [0.2, 0.25) is 0 Å². The topological polar surface area (TPSA) is 57.6 Å². The fraction of sp³-hybridized carbons (Fsp3) is 0.533. The van der Waals surface area contributed by atoms with Crippen LogP contribution in [-0.4, -0.2) is 46.3 Å². The number of aryl methyl sites for hydroxylation is 1. The second kappa shape index (κ2) is 9.80. The van der Waals surface area contributed by atoms with E-state index in [-0.39, 0.29) is 45.1 Å². The third kappa shape index (κ3) is 4.67. The summed E-state index contributed by atoms with van der Waals surface area (Å²) in [5.74, 6) is -2.87. The Hall–Kier alpha value is -3.04. The number of alkyl halides is 5. The SMILES string of the molecule is CC(F)(c1ccc2c(c1)CCC1N(C(=O)[C@]3(F)CC[C@@H](C(=O)O)CC3)CCC21Cc1cccc(F)c1)C(F)(F)F. The first-order chi connectivity index (χ1) is 18.7. The summed E-state index contributed by atoms with van der Waals surface area (Å²) in [5.41, 5.74) is -5.29. The molecule has 1 saturated carbocycles. The number of hydrogen-bond donors (Lipinski definition) is 1. The molecular weight excluding hydrogens is 536 g/mol. The van der Waals surface area contributed by atoms with Crippen LogP contribution in [0.1, 0.15) is 67.7 Å². The molecule has 0 radical (unpaired) electrons. The number of fused-ring (bicyclic) bond motifs is 3. The molecule has 3 aliphatic rings. The molecule has 2 fully saturated rings. The van der Waals surface area contributed by atoms with Gasteiger partial charge < -0.3 is 10.0 Å². The number of halogens is 6. The van der Waals surface area contributed by atoms with E-state index in [0.717, 1.165) is 6.07 Å². The van der Waals surface area contributed by atoms with Crippen LogP contribution in [0.25, 0.3) is 0 Å². The standard InChI is InChI=1S/C30H31F6NO3/c1-27(32,30(34,35)36)21-6-7-23-20(16-21)5-8-24-28(23,17-18-3-2-4-22(31)15-18)13-14-37(24)26(40)29(33)11-9-19(10-12-29)25(38)39/h2-4,6-7,15-16,19,24H,5,8-14,17H2,1H3,(H,38,39)/t19-,24?,27?,28?,29+. The lowest BCUT2D eigenvalue weighted by atomic mass is 9.63. The number of aliphatic carboxylic acids is 1. The summed E-state index contributed by atoms with van der Waals surface area (Å²) in [5, 5.41) is 9.28. The maximum atomic E-state index is 16.0. The Morgan fingerprint density at radius 2 is 1.73 bits per heavy atom. The molecule has 2 aromatic carbocycles. The highest BCUT2D eigenvalue weighted by molar-refractivity contribution is 5.86. The van der Waals surface area contributed by atoms with Gasteiger partial charge in [0, 0.05) is 18.0 Å². The largest absolute Gasteiger partial charge is 0.481 e. The van der Waals surface area contributed by atoms with Crippen molar-refractivity contribution in [3.63, 3.8) is 0 Å². The van der Waals surface area contributed by atoms with Crippen molar-refractivity contribution in [2.24, 2.45) is 5.92 Å². The van der Waals surface area contributed by atoms with Crippen LogP contribution in [0.5, 0.6) is 0 Å². The molecule has 4 nitrogen and oxygen atoms in total. The second-order valence-corrected chi connectivity index (χ2v) is 11.7. The van der Waals surface area contributed by atoms with Crippen molar-refractivity contribution >= 4 is 11.9 Å². The van der Waals surface area contributed by atoms with Crippen molar-refractivity contribution in [1.82, 2.24) is 4.90 Å². The van der Waals surface area contributed by atoms with Gasteiger partial charge in [0.25, 0.3) is 5.91 Å². The molecule has 3 atom stereocenters. The third-order valence-corrected chi connectivity index (χ3v) is 9.40. The summed E-state index contributed by atoms with van der Waals surface area (Å²) >= 11 is 0. The summed E-state index contributed by atoms with van der Waals surface area (Å²) in [4.78, 5) is 26.5. The molecule has 0 spiro atoms. The Labute approximate surface area is 228 Å². The van der Waals surface area contributed by atoms with E-state index >= 15 is 4.39 Å². The quantitative estimate of drug-likeness (QED) is 0.415. The molecule has 1 N–H and O–H groups in total. The van der Waals surface area contributed by atoms with Crippen LogP contribution < -0.4 is 0 Å². The number of carbonyl (C=O) groups excluding carboxylic acids is 1. The first kappa shape index (κ1) is 28.5. The number of benzene rings is 2. The molecule has 2 aromatic rings. The highest BCUT2D eigenvalue weighted by atomic mass is 19.4. The van der Waals surface area contributed by atoms with E-state index in [9.17, 15) is 36.6 Å². The number of likely N-dealkylation sites (tertiary alicyclic amines) is 1. The molecule has 1 heterocycles. The Morgan fingerprint density at radius 3 is 2.35 bits per heavy atom. The number of nitrogens with zero attached hydrogens (tertiary/aromatic N) is 1. The Kier molecular flexibility index (Phi) is 6.98. The number of carboxylic acid groups (broad SMARTS) is 1. The minimum absolute atomic E-state index is 0.0529. The number of carboxylic acids is 1. The lowest BCUT2D eigenvalue weighted by molar-refractivity contribution is -0.228. The van der Waals surface area contributed by atoms with Crippen LogP contribution in [0.3, 0.4) is 0 Å². The zero-order chi connectivity index (χ0) is 29.1. The van der Waals surface area contributed by atoms with Gasteiger partial charge in [-0.25, -0.2) is 13.2 Å². The zero-order valence-electron chi connectivity index (χ0n) is 22.0. The van der Waals surface area contributed by atoms with Gasteiger partial charge in [0.1, 0.15) is 5.82 Å². The van der Waals surface area contributed by atoms with Crippen LogP contribution in [0.15, 0.2) is 42.5 Å². The van der Waals surface area contributed by atoms with E-state index < -0.39 is 58.1 Å². The molecule has 5 rings (SSSR count). The molecule has 1 saturated heterocycles. The third-order valence-electron chi connectivity index (χ3n) is 9.40. The lowest BCUT2D eigenvalue weighted by Crippen LogP contribution is -2.55. The summed E-state index contributed by atoms with van der Waals surface area (Å²) in [6.07, 6.45) is -4.19. The minimum atomic E-state index is -5.11. The van der Waals surface area contributed by atoms with Gasteiger partial charge in [0.15, 0.2) is 5.67 Å². The lowest BCUT2D eigenvalue weighted by Gasteiger charge is -2.45. The second-order valence-electron chi connectivity index (χ2n) is 11.7. The minimum Gasteiger partial charge on any atom is -0.481 e. The van der Waals surface area contributed by atoms with E-state index in [1.807, 2.05) is 0 Å². The number of hydrogen-bond acceptors (Lipinski definition) is 2. The molecule has 3 unspecified atom stereocenters. The highest BCUT2D eigenvalue weighted by Crippen LogP contribution is 2.52. The van der Waals surface area contributed by atoms with Crippen LogP contribution in [0, 0.1) is 11.7 Å². The van der Waals surface area contributed by atoms with Crippen LogP contribution in [-0.2, 0) is 33.5 Å². The van der Waals surface area contributed by atoms with Crippen LogP contribution >= 0.6 is 0 Å². The van der Waals surface area contributed by atoms with Gasteiger partial charge in [0.05, 0.1) is 5.92 Å². The Morgan fingerprint density at radius 1 is 1.02 bits per heavy atom. The molecule has 0 aromatic heterocycles. The first-order valence-electron chi connectivity index (χ1n) is 13.5. The van der Waals surface area contributed by atoms with Crippen molar-refractivity contribution in [3.05, 3.63) is 70.5 Å². The zero-order valence-corrected chi connectivity index (χ0v) is 22.0. The van der Waals surface area contributed by atoms with Gasteiger partial charge in [-0.05, 0) is 92.7 Å². The molecule has 1 aliphatic heterocycles. The van der Waals surface area contributed by atoms with Crippen molar-refractivity contribution in [3.8, 4) is 0 Å². The summed E-state index contributed by atoms with van der Waals surface area (Å²) < 4.78 is 85.4.